The standard InChI is InChI=1S/C14H13NO5/c1-8-3-5-12(20-8)13(16)15-10-7-9(14(17)18)4-6-11(10)19-2/h3-7H,1-2H3,(H,15,16)(H,17,18). The first-order valence-corrected chi connectivity index (χ1v) is 5.80. The third-order valence-electron chi connectivity index (χ3n) is 2.66. The van der Waals surface area contributed by atoms with Crippen molar-refractivity contribution in [1.82, 2.24) is 0 Å². The van der Waals surface area contributed by atoms with Gasteiger partial charge in [0.25, 0.3) is 5.91 Å². The van der Waals surface area contributed by atoms with Crippen LogP contribution in [-0.4, -0.2) is 24.1 Å². The number of benzene rings is 1. The molecule has 0 unspecified atom stereocenters. The van der Waals surface area contributed by atoms with Crippen molar-refractivity contribution in [2.24, 2.45) is 0 Å². The molecule has 6 heteroatoms. The van der Waals surface area contributed by atoms with Crippen molar-refractivity contribution in [1.29, 1.82) is 0 Å². The zero-order valence-electron chi connectivity index (χ0n) is 11.0. The number of rotatable bonds is 4. The summed E-state index contributed by atoms with van der Waals surface area (Å²) < 4.78 is 10.3. The van der Waals surface area contributed by atoms with Crippen LogP contribution in [0.5, 0.6) is 5.75 Å². The molecule has 0 fully saturated rings. The Balaban J connectivity index is 2.29. The zero-order valence-corrected chi connectivity index (χ0v) is 11.0. The van der Waals surface area contributed by atoms with Crippen LogP contribution in [-0.2, 0) is 0 Å². The molecule has 0 radical (unpaired) electrons. The Bertz CT molecular complexity index is 659. The number of carboxylic acid groups (broad SMARTS) is 1. The first-order chi connectivity index (χ1) is 9.51. The molecule has 0 bridgehead atoms. The van der Waals surface area contributed by atoms with E-state index in [0.717, 1.165) is 0 Å². The highest BCUT2D eigenvalue weighted by Gasteiger charge is 2.15. The van der Waals surface area contributed by atoms with E-state index in [1.807, 2.05) is 0 Å². The lowest BCUT2D eigenvalue weighted by molar-refractivity contribution is 0.0696. The number of furan rings is 1. The van der Waals surface area contributed by atoms with Crippen molar-refractivity contribution in [3.05, 3.63) is 47.4 Å². The van der Waals surface area contributed by atoms with Gasteiger partial charge in [-0.25, -0.2) is 4.79 Å². The molecule has 2 N–H and O–H groups in total. The van der Waals surface area contributed by atoms with Gasteiger partial charge in [-0.05, 0) is 37.3 Å². The molecular weight excluding hydrogens is 262 g/mol. The number of carboxylic acids is 1. The van der Waals surface area contributed by atoms with Gasteiger partial charge >= 0.3 is 5.97 Å². The Morgan fingerprint density at radius 1 is 1.25 bits per heavy atom. The summed E-state index contributed by atoms with van der Waals surface area (Å²) in [6, 6.07) is 7.41. The number of amides is 1. The Labute approximate surface area is 115 Å². The zero-order chi connectivity index (χ0) is 14.7. The van der Waals surface area contributed by atoms with Gasteiger partial charge in [0.2, 0.25) is 0 Å². The van der Waals surface area contributed by atoms with Crippen LogP contribution in [0.4, 0.5) is 5.69 Å². The van der Waals surface area contributed by atoms with Gasteiger partial charge < -0.3 is 19.6 Å². The number of ether oxygens (including phenoxy) is 1. The molecule has 20 heavy (non-hydrogen) atoms. The Morgan fingerprint density at radius 3 is 2.55 bits per heavy atom. The van der Waals surface area contributed by atoms with Crippen LogP contribution in [0.25, 0.3) is 0 Å². The maximum absolute atomic E-state index is 12.0. The summed E-state index contributed by atoms with van der Waals surface area (Å²) in [5.41, 5.74) is 0.322. The Hall–Kier alpha value is -2.76. The largest absolute Gasteiger partial charge is 0.495 e. The minimum atomic E-state index is -1.09. The first-order valence-electron chi connectivity index (χ1n) is 5.80. The molecule has 1 heterocycles. The molecule has 0 spiro atoms. The van der Waals surface area contributed by atoms with E-state index in [-0.39, 0.29) is 17.0 Å². The predicted octanol–water partition coefficient (Wildman–Crippen LogP) is 2.55. The van der Waals surface area contributed by atoms with Gasteiger partial charge in [-0.3, -0.25) is 4.79 Å². The van der Waals surface area contributed by atoms with Crippen LogP contribution < -0.4 is 10.1 Å². The van der Waals surface area contributed by atoms with Gasteiger partial charge in [0.15, 0.2) is 5.76 Å². The summed E-state index contributed by atoms with van der Waals surface area (Å²) in [7, 11) is 1.43. The maximum atomic E-state index is 12.0. The van der Waals surface area contributed by atoms with Crippen LogP contribution in [0, 0.1) is 6.92 Å². The van der Waals surface area contributed by atoms with E-state index in [1.54, 1.807) is 13.0 Å². The van der Waals surface area contributed by atoms with Crippen LogP contribution in [0.2, 0.25) is 0 Å². The van der Waals surface area contributed by atoms with E-state index in [2.05, 4.69) is 5.32 Å². The molecule has 2 rings (SSSR count). The van der Waals surface area contributed by atoms with E-state index in [4.69, 9.17) is 14.3 Å². The summed E-state index contributed by atoms with van der Waals surface area (Å²) in [6.07, 6.45) is 0. The second-order valence-corrected chi connectivity index (χ2v) is 4.08. The number of nitrogens with one attached hydrogen (secondary N) is 1. The average Bonchev–Trinajstić information content (AvgIpc) is 2.85. The van der Waals surface area contributed by atoms with E-state index in [9.17, 15) is 9.59 Å². The molecule has 0 atom stereocenters. The summed E-state index contributed by atoms with van der Waals surface area (Å²) in [5, 5.41) is 11.5. The summed E-state index contributed by atoms with van der Waals surface area (Å²) in [6.45, 7) is 1.72. The Morgan fingerprint density at radius 2 is 2.00 bits per heavy atom. The average molecular weight is 275 g/mol. The third kappa shape index (κ3) is 2.80. The quantitative estimate of drug-likeness (QED) is 0.895. The van der Waals surface area contributed by atoms with Gasteiger partial charge in [-0.2, -0.15) is 0 Å². The number of hydrogen-bond donors (Lipinski definition) is 2. The van der Waals surface area contributed by atoms with Gasteiger partial charge in [0.05, 0.1) is 18.4 Å². The minimum absolute atomic E-state index is 0.0525. The predicted molar refractivity (Wildman–Crippen MR) is 71.4 cm³/mol. The van der Waals surface area contributed by atoms with Crippen molar-refractivity contribution in [2.45, 2.75) is 6.92 Å². The van der Waals surface area contributed by atoms with Crippen molar-refractivity contribution in [2.75, 3.05) is 12.4 Å². The van der Waals surface area contributed by atoms with Crippen LogP contribution in [0.15, 0.2) is 34.7 Å². The van der Waals surface area contributed by atoms with Gasteiger partial charge in [-0.1, -0.05) is 0 Å². The number of hydrogen-bond acceptors (Lipinski definition) is 4. The topological polar surface area (TPSA) is 88.8 Å². The number of anilines is 1. The summed E-state index contributed by atoms with van der Waals surface area (Å²) in [5.74, 6) is -0.436. The molecule has 1 aromatic heterocycles. The molecule has 0 aliphatic carbocycles. The van der Waals surface area contributed by atoms with Crippen molar-refractivity contribution in [3.8, 4) is 5.75 Å². The van der Waals surface area contributed by atoms with E-state index in [0.29, 0.717) is 11.5 Å². The molecule has 6 nitrogen and oxygen atoms in total. The fourth-order valence-corrected chi connectivity index (χ4v) is 1.68. The molecule has 0 aliphatic rings. The second kappa shape index (κ2) is 5.48. The van der Waals surface area contributed by atoms with Gasteiger partial charge in [-0.15, -0.1) is 0 Å². The van der Waals surface area contributed by atoms with Gasteiger partial charge in [0, 0.05) is 0 Å². The highest BCUT2D eigenvalue weighted by atomic mass is 16.5. The lowest BCUT2D eigenvalue weighted by Crippen LogP contribution is -2.12. The fourth-order valence-electron chi connectivity index (χ4n) is 1.68. The number of carbonyl (C=O) groups excluding carboxylic acids is 1. The number of aryl methyl sites for hydroxylation is 1. The van der Waals surface area contributed by atoms with Crippen LogP contribution in [0.1, 0.15) is 26.7 Å². The summed E-state index contributed by atoms with van der Waals surface area (Å²) in [4.78, 5) is 22.9. The lowest BCUT2D eigenvalue weighted by atomic mass is 10.2. The molecule has 104 valence electrons. The van der Waals surface area contributed by atoms with Crippen molar-refractivity contribution in [3.63, 3.8) is 0 Å². The van der Waals surface area contributed by atoms with E-state index >= 15 is 0 Å². The van der Waals surface area contributed by atoms with Crippen molar-refractivity contribution < 1.29 is 23.8 Å². The minimum Gasteiger partial charge on any atom is -0.495 e. The first kappa shape index (κ1) is 13.7. The molecule has 0 saturated heterocycles. The van der Waals surface area contributed by atoms with Crippen LogP contribution >= 0.6 is 0 Å². The van der Waals surface area contributed by atoms with Crippen molar-refractivity contribution >= 4 is 17.6 Å². The molecule has 2 aromatic rings. The fraction of sp³-hybridized carbons (Fsp3) is 0.143. The normalized spacial score (nSPS) is 10.1. The van der Waals surface area contributed by atoms with E-state index < -0.39 is 11.9 Å². The molecular formula is C14H13NO5. The lowest BCUT2D eigenvalue weighted by Gasteiger charge is -2.10. The SMILES string of the molecule is COc1ccc(C(=O)O)cc1NC(=O)c1ccc(C)o1. The van der Waals surface area contributed by atoms with Crippen LogP contribution in [0.3, 0.4) is 0 Å². The molecule has 1 aromatic carbocycles. The third-order valence-corrected chi connectivity index (χ3v) is 2.66. The number of aromatic carboxylic acids is 1. The smallest absolute Gasteiger partial charge is 0.335 e. The molecule has 0 saturated carbocycles. The highest BCUT2D eigenvalue weighted by Crippen LogP contribution is 2.26. The number of carbonyl (C=O) groups is 2. The maximum Gasteiger partial charge on any atom is 0.335 e. The Kier molecular flexibility index (Phi) is 3.74. The molecule has 1 amide bonds. The highest BCUT2D eigenvalue weighted by molar-refractivity contribution is 6.04. The monoisotopic (exact) mass is 275 g/mol. The number of methoxy groups -OCH3 is 1. The van der Waals surface area contributed by atoms with E-state index in [1.165, 1.54) is 31.4 Å². The van der Waals surface area contributed by atoms with Gasteiger partial charge in [0.1, 0.15) is 11.5 Å². The summed E-state index contributed by atoms with van der Waals surface area (Å²) >= 11 is 0. The second-order valence-electron chi connectivity index (χ2n) is 4.08. The molecule has 0 aliphatic heterocycles.